The van der Waals surface area contributed by atoms with E-state index in [1.54, 1.807) is 11.0 Å². The van der Waals surface area contributed by atoms with Gasteiger partial charge in [-0.05, 0) is 24.3 Å². The molecule has 2 N–H and O–H groups in total. The average molecular weight is 317 g/mol. The van der Waals surface area contributed by atoms with E-state index in [9.17, 15) is 14.2 Å². The highest BCUT2D eigenvalue weighted by Gasteiger charge is 2.31. The summed E-state index contributed by atoms with van der Waals surface area (Å²) in [5, 5.41) is 1.84. The maximum Gasteiger partial charge on any atom is 0.332 e. The Balaban J connectivity index is 1.88. The Hall–Kier alpha value is -1.01. The van der Waals surface area contributed by atoms with Crippen LogP contribution in [0.4, 0.5) is 0 Å². The molecule has 1 aromatic heterocycles. The number of Topliss-reactive ketones (excluding diaryl/α,β-unsaturated/α-hetero) is 1. The first-order valence-corrected chi connectivity index (χ1v) is 8.94. The Morgan fingerprint density at radius 1 is 1.35 bits per heavy atom. The summed E-state index contributed by atoms with van der Waals surface area (Å²) in [7, 11) is -4.29. The highest BCUT2D eigenvalue weighted by molar-refractivity contribution is 7.52. The van der Waals surface area contributed by atoms with Crippen LogP contribution in [0.3, 0.4) is 0 Å². The van der Waals surface area contributed by atoms with Crippen molar-refractivity contribution in [2.24, 2.45) is 5.92 Å². The van der Waals surface area contributed by atoms with Crippen LogP contribution in [0.1, 0.15) is 22.5 Å². The highest BCUT2D eigenvalue weighted by atomic mass is 32.1. The third-order valence-corrected chi connectivity index (χ3v) is 4.91. The van der Waals surface area contributed by atoms with Crippen LogP contribution in [0, 0.1) is 5.92 Å². The Bertz CT molecular complexity index is 530. The molecule has 0 saturated carbocycles. The summed E-state index contributed by atoms with van der Waals surface area (Å²) in [6, 6.07) is 3.58. The molecular weight excluding hydrogens is 301 g/mol. The zero-order valence-electron chi connectivity index (χ0n) is 10.8. The minimum atomic E-state index is -4.29. The van der Waals surface area contributed by atoms with E-state index in [1.807, 2.05) is 11.4 Å². The van der Waals surface area contributed by atoms with Crippen molar-refractivity contribution in [3.05, 3.63) is 22.4 Å². The third kappa shape index (κ3) is 3.99. The van der Waals surface area contributed by atoms with Crippen molar-refractivity contribution in [1.82, 2.24) is 4.90 Å². The smallest absolute Gasteiger partial charge is 0.332 e. The van der Waals surface area contributed by atoms with Gasteiger partial charge in [-0.15, -0.1) is 11.3 Å². The number of carbonyl (C=O) groups excluding carboxylic acids is 2. The maximum absolute atomic E-state index is 12.1. The molecular formula is C12H16NO5PS. The Labute approximate surface area is 120 Å². The molecule has 1 aromatic rings. The van der Waals surface area contributed by atoms with E-state index in [1.165, 1.54) is 11.3 Å². The van der Waals surface area contributed by atoms with E-state index >= 15 is 0 Å². The number of ketones is 1. The van der Waals surface area contributed by atoms with Gasteiger partial charge in [0.05, 0.1) is 4.88 Å². The molecule has 0 bridgehead atoms. The van der Waals surface area contributed by atoms with Gasteiger partial charge >= 0.3 is 7.60 Å². The van der Waals surface area contributed by atoms with Crippen molar-refractivity contribution in [2.75, 3.05) is 19.3 Å². The Morgan fingerprint density at radius 2 is 2.00 bits per heavy atom. The number of carbonyl (C=O) groups is 2. The first-order chi connectivity index (χ1) is 9.37. The van der Waals surface area contributed by atoms with E-state index in [-0.39, 0.29) is 11.8 Å². The van der Waals surface area contributed by atoms with Crippen LogP contribution in [0.5, 0.6) is 0 Å². The molecule has 8 heteroatoms. The number of hydrogen-bond donors (Lipinski definition) is 2. The number of thiophene rings is 1. The van der Waals surface area contributed by atoms with Gasteiger partial charge in [0.2, 0.25) is 0 Å². The lowest BCUT2D eigenvalue weighted by molar-refractivity contribution is -0.121. The molecule has 1 aliphatic heterocycles. The molecule has 0 radical (unpaired) electrons. The van der Waals surface area contributed by atoms with E-state index in [4.69, 9.17) is 9.79 Å². The molecule has 6 nitrogen and oxygen atoms in total. The fraction of sp³-hybridized carbons (Fsp3) is 0.500. The van der Waals surface area contributed by atoms with Crippen LogP contribution in [-0.4, -0.2) is 45.6 Å². The average Bonchev–Trinajstić information content (AvgIpc) is 2.90. The summed E-state index contributed by atoms with van der Waals surface area (Å²) in [5.41, 5.74) is 0. The minimum absolute atomic E-state index is 0.0408. The largest absolute Gasteiger partial charge is 0.338 e. The van der Waals surface area contributed by atoms with Crippen molar-refractivity contribution in [1.29, 1.82) is 0 Å². The Kier molecular flexibility index (Phi) is 4.75. The molecule has 1 fully saturated rings. The fourth-order valence-corrected chi connectivity index (χ4v) is 3.65. The molecule has 2 rings (SSSR count). The summed E-state index contributed by atoms with van der Waals surface area (Å²) >= 11 is 1.38. The molecule has 0 aromatic carbocycles. The Morgan fingerprint density at radius 3 is 2.50 bits per heavy atom. The van der Waals surface area contributed by atoms with Crippen LogP contribution >= 0.6 is 18.9 Å². The van der Waals surface area contributed by atoms with Crippen molar-refractivity contribution in [3.63, 3.8) is 0 Å². The monoisotopic (exact) mass is 317 g/mol. The molecule has 1 saturated heterocycles. The molecule has 0 spiro atoms. The van der Waals surface area contributed by atoms with Gasteiger partial charge in [0.25, 0.3) is 5.91 Å². The summed E-state index contributed by atoms with van der Waals surface area (Å²) in [6.07, 6.45) is 0.239. The quantitative estimate of drug-likeness (QED) is 0.817. The van der Waals surface area contributed by atoms with Gasteiger partial charge in [-0.25, -0.2) is 0 Å². The van der Waals surface area contributed by atoms with Crippen LogP contribution in [0.2, 0.25) is 0 Å². The van der Waals surface area contributed by atoms with E-state index in [2.05, 4.69) is 0 Å². The van der Waals surface area contributed by atoms with Crippen molar-refractivity contribution in [2.45, 2.75) is 12.8 Å². The number of hydrogen-bond acceptors (Lipinski definition) is 4. The first kappa shape index (κ1) is 15.4. The SMILES string of the molecule is O=C(CP(=O)(O)O)C1CCN(C(=O)c2cccs2)CC1. The molecule has 110 valence electrons. The van der Waals surface area contributed by atoms with Gasteiger partial charge in [0.15, 0.2) is 0 Å². The predicted molar refractivity (Wildman–Crippen MR) is 74.9 cm³/mol. The van der Waals surface area contributed by atoms with Crippen LogP contribution in [0.15, 0.2) is 17.5 Å². The standard InChI is InChI=1S/C12H16NO5PS/c14-10(8-19(16,17)18)9-3-5-13(6-4-9)12(15)11-2-1-7-20-11/h1-2,7,9H,3-6,8H2,(H2,16,17,18). The summed E-state index contributed by atoms with van der Waals surface area (Å²) in [6.45, 7) is 0.905. The van der Waals surface area contributed by atoms with Crippen molar-refractivity contribution < 1.29 is 23.9 Å². The zero-order valence-corrected chi connectivity index (χ0v) is 12.5. The lowest BCUT2D eigenvalue weighted by Crippen LogP contribution is -2.40. The zero-order chi connectivity index (χ0) is 14.8. The van der Waals surface area contributed by atoms with Crippen LogP contribution in [-0.2, 0) is 9.36 Å². The molecule has 20 heavy (non-hydrogen) atoms. The first-order valence-electron chi connectivity index (χ1n) is 6.27. The second kappa shape index (κ2) is 6.18. The molecule has 2 heterocycles. The lowest BCUT2D eigenvalue weighted by Gasteiger charge is -2.31. The second-order valence-electron chi connectivity index (χ2n) is 4.83. The van der Waals surface area contributed by atoms with Gasteiger partial charge in [0, 0.05) is 19.0 Å². The summed E-state index contributed by atoms with van der Waals surface area (Å²) in [4.78, 5) is 43.8. The van der Waals surface area contributed by atoms with Gasteiger partial charge in [-0.3, -0.25) is 14.2 Å². The van der Waals surface area contributed by atoms with E-state index in [0.29, 0.717) is 30.8 Å². The topological polar surface area (TPSA) is 94.9 Å². The molecule has 1 amide bonds. The van der Waals surface area contributed by atoms with Crippen molar-refractivity contribution >= 4 is 30.6 Å². The normalized spacial score (nSPS) is 17.2. The maximum atomic E-state index is 12.1. The van der Waals surface area contributed by atoms with E-state index < -0.39 is 19.5 Å². The third-order valence-electron chi connectivity index (χ3n) is 3.33. The summed E-state index contributed by atoms with van der Waals surface area (Å²) < 4.78 is 10.8. The van der Waals surface area contributed by atoms with Gasteiger partial charge in [0.1, 0.15) is 11.9 Å². The van der Waals surface area contributed by atoms with E-state index in [0.717, 1.165) is 0 Å². The fourth-order valence-electron chi connectivity index (χ4n) is 2.29. The summed E-state index contributed by atoms with van der Waals surface area (Å²) in [5.74, 6) is -0.794. The highest BCUT2D eigenvalue weighted by Crippen LogP contribution is 2.36. The van der Waals surface area contributed by atoms with Crippen LogP contribution in [0.25, 0.3) is 0 Å². The number of likely N-dealkylation sites (tertiary alicyclic amines) is 1. The number of amides is 1. The molecule has 0 atom stereocenters. The minimum Gasteiger partial charge on any atom is -0.338 e. The van der Waals surface area contributed by atoms with Crippen molar-refractivity contribution in [3.8, 4) is 0 Å². The molecule has 1 aliphatic rings. The molecule has 0 unspecified atom stereocenters. The lowest BCUT2D eigenvalue weighted by atomic mass is 9.93. The van der Waals surface area contributed by atoms with Gasteiger partial charge in [-0.1, -0.05) is 6.07 Å². The predicted octanol–water partition coefficient (Wildman–Crippen LogP) is 1.35. The van der Waals surface area contributed by atoms with Crippen LogP contribution < -0.4 is 0 Å². The second-order valence-corrected chi connectivity index (χ2v) is 7.43. The number of rotatable bonds is 4. The number of piperidine rings is 1. The van der Waals surface area contributed by atoms with Gasteiger partial charge in [-0.2, -0.15) is 0 Å². The molecule has 0 aliphatic carbocycles. The number of nitrogens with zero attached hydrogens (tertiary/aromatic N) is 1. The van der Waals surface area contributed by atoms with Gasteiger partial charge < -0.3 is 14.7 Å².